The van der Waals surface area contributed by atoms with Crippen molar-refractivity contribution in [1.82, 2.24) is 10.6 Å². The van der Waals surface area contributed by atoms with Gasteiger partial charge in [-0.3, -0.25) is 19.2 Å². The molecular formula is C36H56F2N4O7. The molecule has 2 unspecified atom stereocenters. The number of carbonyl (C=O) groups is 5. The van der Waals surface area contributed by atoms with Gasteiger partial charge in [0, 0.05) is 6.42 Å². The number of ketones is 2. The highest BCUT2D eigenvalue weighted by atomic mass is 19.3. The van der Waals surface area contributed by atoms with E-state index in [9.17, 15) is 24.0 Å². The van der Waals surface area contributed by atoms with E-state index in [0.717, 1.165) is 19.3 Å². The highest BCUT2D eigenvalue weighted by Gasteiger charge is 2.72. The molecule has 13 heteroatoms. The topological polar surface area (TPSA) is 180 Å². The van der Waals surface area contributed by atoms with Gasteiger partial charge in [0.05, 0.1) is 25.2 Å². The van der Waals surface area contributed by atoms with E-state index in [1.165, 1.54) is 27.9 Å². The number of ether oxygens (including phenoxy) is 2. The lowest BCUT2D eigenvalue weighted by Crippen LogP contribution is -2.78. The van der Waals surface area contributed by atoms with Crippen LogP contribution in [0.3, 0.4) is 0 Å². The Labute approximate surface area is 289 Å². The molecule has 1 fully saturated rings. The van der Waals surface area contributed by atoms with Crippen LogP contribution in [0.1, 0.15) is 99.0 Å². The van der Waals surface area contributed by atoms with Crippen LogP contribution in [0.15, 0.2) is 24.3 Å². The number of amides is 2. The molecule has 0 bridgehead atoms. The van der Waals surface area contributed by atoms with Crippen LogP contribution in [0, 0.1) is 17.8 Å². The van der Waals surface area contributed by atoms with E-state index >= 15 is 8.78 Å². The fourth-order valence-electron chi connectivity index (χ4n) is 5.90. The Balaban J connectivity index is 2.80. The second-order valence-electron chi connectivity index (χ2n) is 14.9. The molecule has 0 heterocycles. The summed E-state index contributed by atoms with van der Waals surface area (Å²) in [6.07, 6.45) is 3.36. The van der Waals surface area contributed by atoms with E-state index in [1.54, 1.807) is 52.0 Å². The normalized spacial score (nSPS) is 17.4. The Morgan fingerprint density at radius 2 is 1.49 bits per heavy atom. The molecule has 6 N–H and O–H groups in total. The second kappa shape index (κ2) is 17.5. The average molecular weight is 695 g/mol. The number of hydrogen-bond acceptors (Lipinski definition) is 9. The molecule has 0 saturated heterocycles. The fourth-order valence-corrected chi connectivity index (χ4v) is 5.90. The molecule has 0 aromatic heterocycles. The summed E-state index contributed by atoms with van der Waals surface area (Å²) < 4.78 is 45.3. The number of benzene rings is 1. The van der Waals surface area contributed by atoms with E-state index in [0.29, 0.717) is 24.2 Å². The Bertz CT molecular complexity index is 1310. The maximum Gasteiger partial charge on any atom is 0.347 e. The number of hydrogen-bond donors (Lipinski definition) is 4. The van der Waals surface area contributed by atoms with Gasteiger partial charge in [0.1, 0.15) is 11.4 Å². The highest BCUT2D eigenvalue weighted by Crippen LogP contribution is 2.38. The first-order chi connectivity index (χ1) is 22.7. The molecule has 1 aromatic carbocycles. The van der Waals surface area contributed by atoms with Crippen molar-refractivity contribution in [2.75, 3.05) is 7.11 Å². The van der Waals surface area contributed by atoms with Crippen molar-refractivity contribution >= 4 is 29.4 Å². The van der Waals surface area contributed by atoms with Gasteiger partial charge in [0.2, 0.25) is 17.6 Å². The van der Waals surface area contributed by atoms with Crippen LogP contribution in [0.2, 0.25) is 0 Å². The van der Waals surface area contributed by atoms with E-state index in [2.05, 4.69) is 5.32 Å². The van der Waals surface area contributed by atoms with Crippen molar-refractivity contribution < 1.29 is 42.2 Å². The SMILES string of the molecule is COc1ccc(C[C@H](N)C(=O)C(NC(=O)[C@@H](N)C(C)C)(C(=O)OC(C)(C)C)C(F)(F)C(=O)C(CC2CCCCC2)NC(=O)CC(C)C)cc1. The van der Waals surface area contributed by atoms with E-state index in [1.807, 2.05) is 5.32 Å². The maximum atomic E-state index is 17.4. The van der Waals surface area contributed by atoms with Gasteiger partial charge in [-0.25, -0.2) is 4.79 Å². The molecule has 0 spiro atoms. The Hall–Kier alpha value is -3.45. The fraction of sp³-hybridized carbons (Fsp3) is 0.694. The number of nitrogens with one attached hydrogen (secondary N) is 2. The van der Waals surface area contributed by atoms with E-state index in [4.69, 9.17) is 20.9 Å². The first-order valence-corrected chi connectivity index (χ1v) is 17.1. The van der Waals surface area contributed by atoms with Crippen LogP contribution in [0.5, 0.6) is 5.75 Å². The highest BCUT2D eigenvalue weighted by molar-refractivity contribution is 6.19. The molecule has 4 atom stereocenters. The standard InChI is InChI=1S/C36H56F2N4O7/c1-21(2)18-28(43)41-27(20-23-12-10-9-11-13-23)31(45)36(37,38)35(33(47)49-34(5,6)7,42-32(46)29(40)22(3)4)30(44)26(39)19-24-14-16-25(48-8)17-15-24/h14-17,21-23,26-27,29H,9-13,18-20,39-40H2,1-8H3,(H,41,43)(H,42,46)/t26-,27?,29-,35?/m0/s1. The van der Waals surface area contributed by atoms with Crippen LogP contribution < -0.4 is 26.8 Å². The van der Waals surface area contributed by atoms with Crippen LogP contribution in [0.4, 0.5) is 8.78 Å². The molecule has 1 aromatic rings. The van der Waals surface area contributed by atoms with Gasteiger partial charge < -0.3 is 31.6 Å². The van der Waals surface area contributed by atoms with Gasteiger partial charge in [0.25, 0.3) is 5.54 Å². The second-order valence-corrected chi connectivity index (χ2v) is 14.9. The molecule has 1 aliphatic carbocycles. The number of carbonyl (C=O) groups excluding carboxylic acids is 5. The van der Waals surface area contributed by atoms with Crippen molar-refractivity contribution in [3.05, 3.63) is 29.8 Å². The van der Waals surface area contributed by atoms with Gasteiger partial charge in [-0.1, -0.05) is 71.9 Å². The third kappa shape index (κ3) is 11.0. The Morgan fingerprint density at radius 3 is 1.98 bits per heavy atom. The summed E-state index contributed by atoms with van der Waals surface area (Å²) in [5, 5.41) is 4.37. The predicted octanol–water partition coefficient (Wildman–Crippen LogP) is 4.02. The Morgan fingerprint density at radius 1 is 0.918 bits per heavy atom. The molecule has 49 heavy (non-hydrogen) atoms. The van der Waals surface area contributed by atoms with Gasteiger partial charge in [-0.15, -0.1) is 0 Å². The van der Waals surface area contributed by atoms with Crippen molar-refractivity contribution in [2.24, 2.45) is 29.2 Å². The van der Waals surface area contributed by atoms with Crippen molar-refractivity contribution in [1.29, 1.82) is 0 Å². The molecule has 2 rings (SSSR count). The zero-order chi connectivity index (χ0) is 37.3. The summed E-state index contributed by atoms with van der Waals surface area (Å²) in [4.78, 5) is 69.3. The van der Waals surface area contributed by atoms with E-state index < -0.39 is 70.5 Å². The van der Waals surface area contributed by atoms with E-state index in [-0.39, 0.29) is 31.1 Å². The zero-order valence-electron chi connectivity index (χ0n) is 30.2. The largest absolute Gasteiger partial charge is 0.497 e. The monoisotopic (exact) mass is 694 g/mol. The van der Waals surface area contributed by atoms with Crippen LogP contribution >= 0.6 is 0 Å². The third-order valence-electron chi connectivity index (χ3n) is 8.68. The number of methoxy groups -OCH3 is 1. The van der Waals surface area contributed by atoms with Crippen LogP contribution in [-0.2, 0) is 35.1 Å². The smallest absolute Gasteiger partial charge is 0.347 e. The van der Waals surface area contributed by atoms with Gasteiger partial charge in [-0.2, -0.15) is 8.78 Å². The molecule has 276 valence electrons. The zero-order valence-corrected chi connectivity index (χ0v) is 30.2. The number of Topliss-reactive ketones (excluding diaryl/α,β-unsaturated/α-hetero) is 2. The number of nitrogens with two attached hydrogens (primary N) is 2. The van der Waals surface area contributed by atoms with Gasteiger partial charge >= 0.3 is 11.9 Å². The number of halogens is 2. The van der Waals surface area contributed by atoms with Crippen molar-refractivity contribution in [3.8, 4) is 5.75 Å². The summed E-state index contributed by atoms with van der Waals surface area (Å²) in [5.74, 6) is -12.8. The lowest BCUT2D eigenvalue weighted by Gasteiger charge is -2.41. The van der Waals surface area contributed by atoms with Gasteiger partial charge in [0.15, 0.2) is 5.78 Å². The van der Waals surface area contributed by atoms with Crippen molar-refractivity contribution in [3.63, 3.8) is 0 Å². The quantitative estimate of drug-likeness (QED) is 0.138. The summed E-state index contributed by atoms with van der Waals surface area (Å²) in [7, 11) is 1.45. The molecule has 0 aliphatic heterocycles. The molecule has 2 amide bonds. The number of rotatable bonds is 17. The minimum absolute atomic E-state index is 0.0527. The molecule has 1 saturated carbocycles. The summed E-state index contributed by atoms with van der Waals surface area (Å²) in [6.45, 7) is 10.8. The lowest BCUT2D eigenvalue weighted by molar-refractivity contribution is -0.192. The summed E-state index contributed by atoms with van der Waals surface area (Å²) in [5.41, 5.74) is 7.37. The summed E-state index contributed by atoms with van der Waals surface area (Å²) in [6, 6.07) is 1.19. The number of esters is 1. The van der Waals surface area contributed by atoms with Crippen LogP contribution in [0.25, 0.3) is 0 Å². The summed E-state index contributed by atoms with van der Waals surface area (Å²) >= 11 is 0. The minimum Gasteiger partial charge on any atom is -0.497 e. The van der Waals surface area contributed by atoms with Crippen LogP contribution in [-0.4, -0.2) is 71.6 Å². The average Bonchev–Trinajstić information content (AvgIpc) is 3.01. The predicted molar refractivity (Wildman–Crippen MR) is 182 cm³/mol. The molecule has 0 radical (unpaired) electrons. The maximum absolute atomic E-state index is 17.4. The first-order valence-electron chi connectivity index (χ1n) is 17.1. The molecule has 11 nitrogen and oxygen atoms in total. The molecular weight excluding hydrogens is 638 g/mol. The lowest BCUT2D eigenvalue weighted by atomic mass is 9.76. The minimum atomic E-state index is -4.96. The first kappa shape index (κ1) is 41.7. The van der Waals surface area contributed by atoms with Crippen molar-refractivity contribution in [2.45, 2.75) is 135 Å². The molecule has 1 aliphatic rings. The number of alkyl halides is 2. The van der Waals surface area contributed by atoms with Gasteiger partial charge in [-0.05, 0) is 69.1 Å². The Kier molecular flexibility index (Phi) is 14.9. The third-order valence-corrected chi connectivity index (χ3v) is 8.68.